The average Bonchev–Trinajstić information content (AvgIpc) is 2.11. The molecule has 0 aliphatic carbocycles. The van der Waals surface area contributed by atoms with Gasteiger partial charge in [-0.2, -0.15) is 0 Å². The van der Waals surface area contributed by atoms with E-state index in [9.17, 15) is 9.59 Å². The molecule has 5 nitrogen and oxygen atoms in total. The van der Waals surface area contributed by atoms with Crippen molar-refractivity contribution in [2.75, 3.05) is 27.2 Å². The normalized spacial score (nSPS) is 9.53. The number of carbonyl (C=O) groups is 2. The van der Waals surface area contributed by atoms with Crippen molar-refractivity contribution in [2.45, 2.75) is 13.3 Å². The van der Waals surface area contributed by atoms with Crippen LogP contribution in [-0.4, -0.2) is 53.8 Å². The predicted octanol–water partition coefficient (Wildman–Crippen LogP) is -0.401. The third-order valence-electron chi connectivity index (χ3n) is 1.88. The quantitative estimate of drug-likeness (QED) is 0.654. The molecule has 0 radical (unpaired) electrons. The van der Waals surface area contributed by atoms with Gasteiger partial charge in [0.2, 0.25) is 11.8 Å². The van der Waals surface area contributed by atoms with Crippen LogP contribution in [0.15, 0.2) is 0 Å². The van der Waals surface area contributed by atoms with Crippen LogP contribution in [-0.2, 0) is 9.59 Å². The number of amides is 2. The number of rotatable bonds is 5. The van der Waals surface area contributed by atoms with E-state index in [0.717, 1.165) is 0 Å². The molecule has 0 atom stereocenters. The summed E-state index contributed by atoms with van der Waals surface area (Å²) in [6.07, 6.45) is 0.0177. The number of nitrogens with two attached hydrogens (primary N) is 1. The Labute approximate surface area is 95.2 Å². The van der Waals surface area contributed by atoms with Gasteiger partial charge in [0.25, 0.3) is 0 Å². The van der Waals surface area contributed by atoms with Crippen LogP contribution in [0.1, 0.15) is 13.3 Å². The van der Waals surface area contributed by atoms with E-state index >= 15 is 0 Å². The van der Waals surface area contributed by atoms with Gasteiger partial charge in [-0.25, -0.2) is 0 Å². The fourth-order valence-electron chi connectivity index (χ4n) is 0.942. The van der Waals surface area contributed by atoms with Crippen LogP contribution in [0.3, 0.4) is 0 Å². The Hall–Kier alpha value is -1.17. The lowest BCUT2D eigenvalue weighted by molar-refractivity contribution is -0.138. The second-order valence-corrected chi connectivity index (χ2v) is 3.86. The lowest BCUT2D eigenvalue weighted by atomic mass is 10.3. The molecule has 2 N–H and O–H groups in total. The first-order valence-corrected chi connectivity index (χ1v) is 5.05. The minimum absolute atomic E-state index is 0.0177. The maximum Gasteiger partial charge on any atom is 0.241 e. The topological polar surface area (TPSA) is 66.6 Å². The fourth-order valence-corrected chi connectivity index (χ4v) is 1.07. The lowest BCUT2D eigenvalue weighted by Gasteiger charge is -2.22. The largest absolute Gasteiger partial charge is 0.393 e. The van der Waals surface area contributed by atoms with Crippen LogP contribution in [0.25, 0.3) is 0 Å². The van der Waals surface area contributed by atoms with Gasteiger partial charge < -0.3 is 15.5 Å². The monoisotopic (exact) mass is 231 g/mol. The SMILES string of the molecule is CCN(CC(=O)N(C)C)C(=O)CC(N)=S. The molecule has 0 spiro atoms. The first-order valence-electron chi connectivity index (χ1n) is 4.64. The Balaban J connectivity index is 4.30. The Kier molecular flexibility index (Phi) is 5.84. The second kappa shape index (κ2) is 6.34. The molecule has 15 heavy (non-hydrogen) atoms. The highest BCUT2D eigenvalue weighted by molar-refractivity contribution is 7.80. The number of carbonyl (C=O) groups excluding carboxylic acids is 2. The van der Waals surface area contributed by atoms with Gasteiger partial charge in [0.15, 0.2) is 0 Å². The van der Waals surface area contributed by atoms with Crippen molar-refractivity contribution >= 4 is 29.0 Å². The number of hydrogen-bond donors (Lipinski definition) is 1. The first kappa shape index (κ1) is 13.8. The van der Waals surface area contributed by atoms with Crippen LogP contribution in [0.2, 0.25) is 0 Å². The summed E-state index contributed by atoms with van der Waals surface area (Å²) in [4.78, 5) is 25.9. The van der Waals surface area contributed by atoms with Crippen LogP contribution in [0.4, 0.5) is 0 Å². The van der Waals surface area contributed by atoms with Gasteiger partial charge in [0.05, 0.1) is 18.0 Å². The summed E-state index contributed by atoms with van der Waals surface area (Å²) in [7, 11) is 3.29. The highest BCUT2D eigenvalue weighted by Crippen LogP contribution is 1.96. The lowest BCUT2D eigenvalue weighted by Crippen LogP contribution is -2.41. The minimum atomic E-state index is -0.208. The summed E-state index contributed by atoms with van der Waals surface area (Å²) in [5.74, 6) is -0.326. The molecular formula is C9H17N3O2S. The van der Waals surface area contributed by atoms with E-state index < -0.39 is 0 Å². The number of nitrogens with zero attached hydrogens (tertiary/aromatic N) is 2. The summed E-state index contributed by atoms with van der Waals surface area (Å²) in [6, 6.07) is 0. The van der Waals surface area contributed by atoms with Crippen LogP contribution >= 0.6 is 12.2 Å². The molecule has 0 aromatic carbocycles. The summed E-state index contributed by atoms with van der Waals surface area (Å²) in [5.41, 5.74) is 5.27. The van der Waals surface area contributed by atoms with E-state index in [2.05, 4.69) is 12.2 Å². The molecule has 6 heteroatoms. The predicted molar refractivity (Wildman–Crippen MR) is 62.4 cm³/mol. The van der Waals surface area contributed by atoms with Gasteiger partial charge in [0.1, 0.15) is 0 Å². The summed E-state index contributed by atoms with van der Waals surface area (Å²) in [6.45, 7) is 2.35. The molecule has 0 aromatic rings. The van der Waals surface area contributed by atoms with E-state index in [1.807, 2.05) is 0 Å². The van der Waals surface area contributed by atoms with E-state index in [0.29, 0.717) is 6.54 Å². The van der Waals surface area contributed by atoms with Crippen molar-refractivity contribution < 1.29 is 9.59 Å². The standard InChI is InChI=1S/C9H17N3O2S/c1-4-12(6-9(14)11(2)3)8(13)5-7(10)15/h4-6H2,1-3H3,(H2,10,15). The van der Waals surface area contributed by atoms with Crippen molar-refractivity contribution in [2.24, 2.45) is 5.73 Å². The second-order valence-electron chi connectivity index (χ2n) is 3.34. The van der Waals surface area contributed by atoms with Crippen molar-refractivity contribution in [3.05, 3.63) is 0 Å². The Bertz CT molecular complexity index is 266. The van der Waals surface area contributed by atoms with Crippen molar-refractivity contribution in [3.8, 4) is 0 Å². The molecule has 0 heterocycles. The molecule has 0 saturated heterocycles. The zero-order valence-electron chi connectivity index (χ0n) is 9.32. The smallest absolute Gasteiger partial charge is 0.241 e. The van der Waals surface area contributed by atoms with E-state index in [4.69, 9.17) is 5.73 Å². The zero-order chi connectivity index (χ0) is 12.0. The van der Waals surface area contributed by atoms with Gasteiger partial charge >= 0.3 is 0 Å². The van der Waals surface area contributed by atoms with Crippen LogP contribution in [0, 0.1) is 0 Å². The van der Waals surface area contributed by atoms with Crippen molar-refractivity contribution in [3.63, 3.8) is 0 Å². The molecular weight excluding hydrogens is 214 g/mol. The number of thiocarbonyl (C=S) groups is 1. The molecule has 0 fully saturated rings. The zero-order valence-corrected chi connectivity index (χ0v) is 10.1. The molecule has 0 bridgehead atoms. The van der Waals surface area contributed by atoms with E-state index in [1.54, 1.807) is 21.0 Å². The third-order valence-corrected chi connectivity index (χ3v) is 2.03. The number of hydrogen-bond acceptors (Lipinski definition) is 3. The Morgan fingerprint density at radius 3 is 2.13 bits per heavy atom. The van der Waals surface area contributed by atoms with Gasteiger partial charge in [0, 0.05) is 20.6 Å². The van der Waals surface area contributed by atoms with Gasteiger partial charge in [-0.15, -0.1) is 0 Å². The van der Waals surface area contributed by atoms with Gasteiger partial charge in [-0.05, 0) is 6.92 Å². The third kappa shape index (κ3) is 5.31. The summed E-state index contributed by atoms with van der Waals surface area (Å²) >= 11 is 4.64. The van der Waals surface area contributed by atoms with E-state index in [1.165, 1.54) is 9.80 Å². The highest BCUT2D eigenvalue weighted by atomic mass is 32.1. The molecule has 86 valence electrons. The molecule has 0 aliphatic rings. The van der Waals surface area contributed by atoms with Gasteiger partial charge in [-0.3, -0.25) is 9.59 Å². The average molecular weight is 231 g/mol. The van der Waals surface area contributed by atoms with Crippen molar-refractivity contribution in [1.82, 2.24) is 9.80 Å². The highest BCUT2D eigenvalue weighted by Gasteiger charge is 2.16. The molecule has 0 aromatic heterocycles. The number of likely N-dealkylation sites (N-methyl/N-ethyl adjacent to an activating group) is 2. The maximum absolute atomic E-state index is 11.5. The summed E-state index contributed by atoms with van der Waals surface area (Å²) < 4.78 is 0. The molecule has 0 saturated carbocycles. The Morgan fingerprint density at radius 1 is 1.27 bits per heavy atom. The Morgan fingerprint density at radius 2 is 1.80 bits per heavy atom. The molecule has 0 rings (SSSR count). The van der Waals surface area contributed by atoms with Crippen LogP contribution < -0.4 is 5.73 Å². The molecule has 0 aliphatic heterocycles. The fraction of sp³-hybridized carbons (Fsp3) is 0.667. The minimum Gasteiger partial charge on any atom is -0.393 e. The maximum atomic E-state index is 11.5. The summed E-state index contributed by atoms with van der Waals surface area (Å²) in [5, 5.41) is 0. The van der Waals surface area contributed by atoms with Crippen LogP contribution in [0.5, 0.6) is 0 Å². The van der Waals surface area contributed by atoms with E-state index in [-0.39, 0.29) is 29.8 Å². The molecule has 0 unspecified atom stereocenters. The van der Waals surface area contributed by atoms with Crippen molar-refractivity contribution in [1.29, 1.82) is 0 Å². The molecule has 2 amide bonds. The van der Waals surface area contributed by atoms with Gasteiger partial charge in [-0.1, -0.05) is 12.2 Å². The first-order chi connectivity index (χ1) is 6.88.